The fourth-order valence-electron chi connectivity index (χ4n) is 2.95. The topological polar surface area (TPSA) is 74.3 Å². The minimum atomic E-state index is -0.674. The van der Waals surface area contributed by atoms with Gasteiger partial charge in [0.25, 0.3) is 0 Å². The number of aryl methyl sites for hydroxylation is 2. The van der Waals surface area contributed by atoms with Crippen molar-refractivity contribution in [2.45, 2.75) is 27.7 Å². The number of halogens is 1. The second-order valence-electron chi connectivity index (χ2n) is 6.33. The molecule has 0 spiro atoms. The van der Waals surface area contributed by atoms with Crippen molar-refractivity contribution < 1.29 is 23.2 Å². The van der Waals surface area contributed by atoms with E-state index in [1.54, 1.807) is 19.1 Å². The molecule has 0 unspecified atom stereocenters. The summed E-state index contributed by atoms with van der Waals surface area (Å²) in [6.07, 6.45) is 0. The van der Waals surface area contributed by atoms with Crippen LogP contribution in [-0.4, -0.2) is 27.9 Å². The summed E-state index contributed by atoms with van der Waals surface area (Å²) in [5.41, 5.74) is 2.03. The molecule has 27 heavy (non-hydrogen) atoms. The Balaban J connectivity index is 1.77. The van der Waals surface area contributed by atoms with Gasteiger partial charge in [-0.3, -0.25) is 14.2 Å². The van der Waals surface area contributed by atoms with Crippen molar-refractivity contribution in [1.82, 2.24) is 9.72 Å². The highest BCUT2D eigenvalue weighted by molar-refractivity contribution is 5.99. The molecule has 0 saturated heterocycles. The van der Waals surface area contributed by atoms with Crippen molar-refractivity contribution in [1.29, 1.82) is 0 Å². The molecule has 2 aromatic heterocycles. The van der Waals surface area contributed by atoms with Gasteiger partial charge < -0.3 is 9.26 Å². The monoisotopic (exact) mass is 370 g/mol. The Morgan fingerprint density at radius 1 is 1.15 bits per heavy atom. The number of rotatable bonds is 6. The summed E-state index contributed by atoms with van der Waals surface area (Å²) in [5, 5.41) is 3.98. The van der Waals surface area contributed by atoms with Crippen LogP contribution in [0.3, 0.4) is 0 Å². The zero-order chi connectivity index (χ0) is 19.7. The lowest BCUT2D eigenvalue weighted by atomic mass is 10.1. The molecule has 0 aliphatic rings. The van der Waals surface area contributed by atoms with Crippen LogP contribution in [0.2, 0.25) is 0 Å². The SMILES string of the molecule is CC(=O)c1ccc(OCC(=O)c2cc(C)n(-c3cc(C)on3)c2C)cc1F. The molecule has 3 aromatic rings. The highest BCUT2D eigenvalue weighted by Crippen LogP contribution is 2.22. The summed E-state index contributed by atoms with van der Waals surface area (Å²) < 4.78 is 26.2. The number of ether oxygens (including phenoxy) is 1. The summed E-state index contributed by atoms with van der Waals surface area (Å²) in [6, 6.07) is 7.45. The molecular weight excluding hydrogens is 351 g/mol. The van der Waals surface area contributed by atoms with Gasteiger partial charge in [0, 0.05) is 29.1 Å². The standard InChI is InChI=1S/C20H19FN2O4/c1-11-7-17(13(3)23(11)20-8-12(2)27-22-20)19(25)10-26-15-5-6-16(14(4)24)18(21)9-15/h5-9H,10H2,1-4H3. The van der Waals surface area contributed by atoms with Gasteiger partial charge in [0.1, 0.15) is 17.3 Å². The van der Waals surface area contributed by atoms with Gasteiger partial charge in [-0.25, -0.2) is 4.39 Å². The first kappa shape index (κ1) is 18.6. The van der Waals surface area contributed by atoms with Gasteiger partial charge in [0.05, 0.1) is 5.56 Å². The van der Waals surface area contributed by atoms with Gasteiger partial charge in [-0.1, -0.05) is 5.16 Å². The van der Waals surface area contributed by atoms with Crippen LogP contribution in [0.5, 0.6) is 5.75 Å². The lowest BCUT2D eigenvalue weighted by Crippen LogP contribution is -2.13. The van der Waals surface area contributed by atoms with Gasteiger partial charge in [-0.15, -0.1) is 0 Å². The Labute approximate surface area is 155 Å². The van der Waals surface area contributed by atoms with Crippen molar-refractivity contribution in [3.63, 3.8) is 0 Å². The maximum atomic E-state index is 13.9. The Morgan fingerprint density at radius 3 is 2.48 bits per heavy atom. The molecule has 0 bridgehead atoms. The summed E-state index contributed by atoms with van der Waals surface area (Å²) in [7, 11) is 0. The largest absolute Gasteiger partial charge is 0.485 e. The minimum absolute atomic E-state index is 0.0138. The third kappa shape index (κ3) is 3.67. The van der Waals surface area contributed by atoms with E-state index in [1.807, 2.05) is 18.4 Å². The summed E-state index contributed by atoms with van der Waals surface area (Å²) in [5.74, 6) is 0.171. The molecule has 0 fully saturated rings. The number of carbonyl (C=O) groups is 2. The fraction of sp³-hybridized carbons (Fsp3) is 0.250. The molecule has 0 atom stereocenters. The van der Waals surface area contributed by atoms with Gasteiger partial charge in [-0.2, -0.15) is 0 Å². The summed E-state index contributed by atoms with van der Waals surface area (Å²) in [4.78, 5) is 23.8. The molecular formula is C20H19FN2O4. The maximum Gasteiger partial charge on any atom is 0.202 e. The predicted molar refractivity (Wildman–Crippen MR) is 96.3 cm³/mol. The van der Waals surface area contributed by atoms with Gasteiger partial charge >= 0.3 is 0 Å². The molecule has 7 heteroatoms. The first-order valence-electron chi connectivity index (χ1n) is 8.37. The molecule has 2 heterocycles. The third-order valence-electron chi connectivity index (χ3n) is 4.27. The highest BCUT2D eigenvalue weighted by atomic mass is 19.1. The van der Waals surface area contributed by atoms with E-state index in [-0.39, 0.29) is 29.5 Å². The molecule has 0 aliphatic carbocycles. The van der Waals surface area contributed by atoms with Crippen molar-refractivity contribution >= 4 is 11.6 Å². The van der Waals surface area contributed by atoms with Crippen molar-refractivity contribution in [3.8, 4) is 11.6 Å². The van der Waals surface area contributed by atoms with E-state index < -0.39 is 5.82 Å². The van der Waals surface area contributed by atoms with Crippen LogP contribution in [0.4, 0.5) is 4.39 Å². The molecule has 0 amide bonds. The van der Waals surface area contributed by atoms with Gasteiger partial charge in [0.15, 0.2) is 18.2 Å². The van der Waals surface area contributed by atoms with E-state index in [0.717, 1.165) is 11.8 Å². The Bertz CT molecular complexity index is 1030. The highest BCUT2D eigenvalue weighted by Gasteiger charge is 2.19. The van der Waals surface area contributed by atoms with Crippen LogP contribution >= 0.6 is 0 Å². The zero-order valence-corrected chi connectivity index (χ0v) is 15.5. The molecule has 0 aliphatic heterocycles. The van der Waals surface area contributed by atoms with Crippen LogP contribution in [0.15, 0.2) is 34.9 Å². The van der Waals surface area contributed by atoms with E-state index >= 15 is 0 Å². The molecule has 3 rings (SSSR count). The molecule has 140 valence electrons. The van der Waals surface area contributed by atoms with Crippen molar-refractivity contribution in [3.05, 3.63) is 64.4 Å². The zero-order valence-electron chi connectivity index (χ0n) is 15.5. The first-order chi connectivity index (χ1) is 12.8. The van der Waals surface area contributed by atoms with E-state index in [2.05, 4.69) is 5.16 Å². The quantitative estimate of drug-likeness (QED) is 0.613. The molecule has 0 N–H and O–H groups in total. The van der Waals surface area contributed by atoms with Crippen LogP contribution in [0.25, 0.3) is 5.82 Å². The van der Waals surface area contributed by atoms with Gasteiger partial charge in [0.2, 0.25) is 5.78 Å². The average Bonchev–Trinajstić information content (AvgIpc) is 3.15. The van der Waals surface area contributed by atoms with Crippen LogP contribution in [0.1, 0.15) is 44.8 Å². The molecule has 0 saturated carbocycles. The Hall–Kier alpha value is -3.22. The lowest BCUT2D eigenvalue weighted by molar-refractivity contribution is 0.0919. The molecule has 0 radical (unpaired) electrons. The normalized spacial score (nSPS) is 10.9. The third-order valence-corrected chi connectivity index (χ3v) is 4.27. The van der Waals surface area contributed by atoms with Crippen molar-refractivity contribution in [2.75, 3.05) is 6.61 Å². The lowest BCUT2D eigenvalue weighted by Gasteiger charge is -2.08. The fourth-order valence-corrected chi connectivity index (χ4v) is 2.95. The number of carbonyl (C=O) groups excluding carboxylic acids is 2. The van der Waals surface area contributed by atoms with Gasteiger partial charge in [-0.05, 0) is 45.9 Å². The number of hydrogen-bond acceptors (Lipinski definition) is 5. The van der Waals surface area contributed by atoms with E-state index in [1.165, 1.54) is 19.1 Å². The van der Waals surface area contributed by atoms with Crippen LogP contribution in [0, 0.1) is 26.6 Å². The van der Waals surface area contributed by atoms with Crippen molar-refractivity contribution in [2.24, 2.45) is 0 Å². The number of ketones is 2. The summed E-state index contributed by atoms with van der Waals surface area (Å²) >= 11 is 0. The number of hydrogen-bond donors (Lipinski definition) is 0. The van der Waals surface area contributed by atoms with Crippen LogP contribution < -0.4 is 4.74 Å². The van der Waals surface area contributed by atoms with Crippen LogP contribution in [-0.2, 0) is 0 Å². The average molecular weight is 370 g/mol. The Morgan fingerprint density at radius 2 is 1.89 bits per heavy atom. The molecule has 1 aromatic carbocycles. The predicted octanol–water partition coefficient (Wildman–Crippen LogP) is 3.99. The number of Topliss-reactive ketones (excluding diaryl/α,β-unsaturated/α-hetero) is 2. The first-order valence-corrected chi connectivity index (χ1v) is 8.37. The number of nitrogens with zero attached hydrogens (tertiary/aromatic N) is 2. The Kier molecular flexibility index (Phi) is 4.94. The van der Waals surface area contributed by atoms with E-state index in [0.29, 0.717) is 22.8 Å². The number of aromatic nitrogens is 2. The second-order valence-corrected chi connectivity index (χ2v) is 6.33. The molecule has 6 nitrogen and oxygen atoms in total. The van der Waals surface area contributed by atoms with E-state index in [4.69, 9.17) is 9.26 Å². The smallest absolute Gasteiger partial charge is 0.202 e. The number of benzene rings is 1. The summed E-state index contributed by atoms with van der Waals surface area (Å²) in [6.45, 7) is 6.51. The maximum absolute atomic E-state index is 13.9. The second kappa shape index (κ2) is 7.19. The minimum Gasteiger partial charge on any atom is -0.485 e. The van der Waals surface area contributed by atoms with E-state index in [9.17, 15) is 14.0 Å².